The molecule has 1 atom stereocenters. The summed E-state index contributed by atoms with van der Waals surface area (Å²) in [5.74, 6) is 0. The first kappa shape index (κ1) is 17.4. The van der Waals surface area contributed by atoms with Crippen LogP contribution in [0.4, 0.5) is 0 Å². The van der Waals surface area contributed by atoms with E-state index in [4.69, 9.17) is 5.73 Å². The van der Waals surface area contributed by atoms with E-state index in [-0.39, 0.29) is 6.04 Å². The average Bonchev–Trinajstić information content (AvgIpc) is 2.64. The van der Waals surface area contributed by atoms with E-state index in [1.165, 1.54) is 16.7 Å². The summed E-state index contributed by atoms with van der Waals surface area (Å²) in [6.45, 7) is 2.53. The van der Waals surface area contributed by atoms with Crippen molar-refractivity contribution in [3.8, 4) is 0 Å². The van der Waals surface area contributed by atoms with Crippen molar-refractivity contribution in [2.45, 2.75) is 19.1 Å². The third-order valence-corrected chi connectivity index (χ3v) is 4.93. The normalized spacial score (nSPS) is 12.7. The smallest absolute Gasteiger partial charge is 0.127 e. The Morgan fingerprint density at radius 1 is 0.680 bits per heavy atom. The maximum atomic E-state index is 6.28. The van der Waals surface area contributed by atoms with E-state index in [0.29, 0.717) is 6.54 Å². The molecule has 2 nitrogen and oxygen atoms in total. The Kier molecular flexibility index (Phi) is 5.64. The highest BCUT2D eigenvalue weighted by atomic mass is 15.4. The molecule has 128 valence electrons. The second kappa shape index (κ2) is 8.11. The number of rotatable bonds is 7. The summed E-state index contributed by atoms with van der Waals surface area (Å²) >= 11 is 0. The van der Waals surface area contributed by atoms with Gasteiger partial charge in [-0.15, -0.1) is 0 Å². The van der Waals surface area contributed by atoms with Gasteiger partial charge in [-0.2, -0.15) is 0 Å². The van der Waals surface area contributed by atoms with Crippen LogP contribution >= 0.6 is 0 Å². The van der Waals surface area contributed by atoms with E-state index in [2.05, 4.69) is 98.0 Å². The van der Waals surface area contributed by atoms with Crippen LogP contribution in [0.3, 0.4) is 0 Å². The van der Waals surface area contributed by atoms with Gasteiger partial charge in [0.2, 0.25) is 0 Å². The molecule has 3 rings (SSSR count). The molecule has 2 heteroatoms. The molecule has 0 aliphatic heterocycles. The molecule has 3 aromatic rings. The zero-order valence-electron chi connectivity index (χ0n) is 14.9. The molecule has 0 bridgehead atoms. The van der Waals surface area contributed by atoms with E-state index in [1.807, 2.05) is 0 Å². The highest BCUT2D eigenvalue weighted by Crippen LogP contribution is 2.31. The average molecular weight is 331 g/mol. The first-order valence-corrected chi connectivity index (χ1v) is 8.88. The summed E-state index contributed by atoms with van der Waals surface area (Å²) in [6, 6.07) is 32.4. The van der Waals surface area contributed by atoms with E-state index in [9.17, 15) is 0 Å². The number of hydrogen-bond donors (Lipinski definition) is 1. The summed E-state index contributed by atoms with van der Waals surface area (Å²) in [7, 11) is 2.32. The van der Waals surface area contributed by atoms with E-state index in [1.54, 1.807) is 0 Å². The molecular weight excluding hydrogens is 304 g/mol. The van der Waals surface area contributed by atoms with Gasteiger partial charge >= 0.3 is 0 Å². The highest BCUT2D eigenvalue weighted by Gasteiger charge is 2.33. The molecule has 2 N–H and O–H groups in total. The second-order valence-corrected chi connectivity index (χ2v) is 6.93. The van der Waals surface area contributed by atoms with E-state index in [0.717, 1.165) is 17.6 Å². The lowest BCUT2D eigenvalue weighted by molar-refractivity contribution is -0.963. The van der Waals surface area contributed by atoms with Crippen molar-refractivity contribution < 1.29 is 4.48 Å². The second-order valence-electron chi connectivity index (χ2n) is 6.93. The van der Waals surface area contributed by atoms with E-state index >= 15 is 0 Å². The fourth-order valence-electron chi connectivity index (χ4n) is 3.70. The third kappa shape index (κ3) is 4.36. The minimum atomic E-state index is 0.251. The maximum Gasteiger partial charge on any atom is 0.127 e. The van der Waals surface area contributed by atoms with E-state index < -0.39 is 0 Å². The summed E-state index contributed by atoms with van der Waals surface area (Å²) in [5.41, 5.74) is 10.3. The Morgan fingerprint density at radius 3 is 1.48 bits per heavy atom. The zero-order chi connectivity index (χ0) is 17.5. The van der Waals surface area contributed by atoms with Crippen LogP contribution < -0.4 is 5.73 Å². The number of nitrogens with two attached hydrogens (primary N) is 1. The molecule has 0 spiro atoms. The predicted molar refractivity (Wildman–Crippen MR) is 105 cm³/mol. The molecule has 0 radical (unpaired) electrons. The van der Waals surface area contributed by atoms with Crippen molar-refractivity contribution in [1.82, 2.24) is 0 Å². The fourth-order valence-corrected chi connectivity index (χ4v) is 3.70. The van der Waals surface area contributed by atoms with Crippen molar-refractivity contribution in [3.05, 3.63) is 108 Å². The van der Waals surface area contributed by atoms with Gasteiger partial charge in [0.15, 0.2) is 0 Å². The largest absolute Gasteiger partial charge is 0.325 e. The van der Waals surface area contributed by atoms with Gasteiger partial charge in [-0.3, -0.25) is 0 Å². The zero-order valence-corrected chi connectivity index (χ0v) is 14.9. The van der Waals surface area contributed by atoms with Gasteiger partial charge in [0, 0.05) is 23.2 Å². The molecule has 0 amide bonds. The molecule has 0 aromatic heterocycles. The van der Waals surface area contributed by atoms with Crippen LogP contribution in [0.1, 0.15) is 22.7 Å². The number of quaternary nitrogens is 1. The Morgan fingerprint density at radius 2 is 1.08 bits per heavy atom. The fraction of sp³-hybridized carbons (Fsp3) is 0.217. The van der Waals surface area contributed by atoms with Gasteiger partial charge in [0.05, 0.1) is 7.05 Å². The van der Waals surface area contributed by atoms with Crippen molar-refractivity contribution in [2.75, 3.05) is 13.6 Å². The van der Waals surface area contributed by atoms with Crippen molar-refractivity contribution in [2.24, 2.45) is 5.73 Å². The predicted octanol–water partition coefficient (Wildman–Crippen LogP) is 4.53. The van der Waals surface area contributed by atoms with Gasteiger partial charge in [-0.1, -0.05) is 91.0 Å². The van der Waals surface area contributed by atoms with Gasteiger partial charge in [-0.25, -0.2) is 0 Å². The number of hydrogen-bond acceptors (Lipinski definition) is 1. The molecule has 0 saturated heterocycles. The summed E-state index contributed by atoms with van der Waals surface area (Å²) in [6.07, 6.45) is 0. The molecule has 0 saturated carbocycles. The summed E-state index contributed by atoms with van der Waals surface area (Å²) < 4.78 is 0.856. The number of likely N-dealkylation sites (N-methyl/N-ethyl adjacent to an activating group) is 1. The van der Waals surface area contributed by atoms with Crippen LogP contribution in [0.15, 0.2) is 91.0 Å². The minimum absolute atomic E-state index is 0.251. The van der Waals surface area contributed by atoms with Crippen LogP contribution in [0.5, 0.6) is 0 Å². The lowest BCUT2D eigenvalue weighted by Crippen LogP contribution is -2.48. The topological polar surface area (TPSA) is 26.0 Å². The van der Waals surface area contributed by atoms with Crippen molar-refractivity contribution in [1.29, 1.82) is 0 Å². The third-order valence-electron chi connectivity index (χ3n) is 4.93. The number of nitrogens with zero attached hydrogens (tertiary/aromatic N) is 1. The summed E-state index contributed by atoms with van der Waals surface area (Å²) in [4.78, 5) is 0. The van der Waals surface area contributed by atoms with Crippen LogP contribution in [0, 0.1) is 0 Å². The molecular formula is C23H27N2+. The molecule has 25 heavy (non-hydrogen) atoms. The Hall–Kier alpha value is -2.42. The SMILES string of the molecule is C[N+](Cc1ccccc1)(Cc1ccccc1)C(CN)c1ccccc1. The van der Waals surface area contributed by atoms with Gasteiger partial charge in [0.25, 0.3) is 0 Å². The molecule has 0 aliphatic carbocycles. The highest BCUT2D eigenvalue weighted by molar-refractivity contribution is 5.20. The molecule has 1 unspecified atom stereocenters. The molecule has 3 aromatic carbocycles. The van der Waals surface area contributed by atoms with Crippen LogP contribution in [-0.4, -0.2) is 18.1 Å². The lowest BCUT2D eigenvalue weighted by atomic mass is 10.00. The van der Waals surface area contributed by atoms with Gasteiger partial charge < -0.3 is 10.2 Å². The first-order valence-electron chi connectivity index (χ1n) is 8.88. The quantitative estimate of drug-likeness (QED) is 0.632. The van der Waals surface area contributed by atoms with Crippen molar-refractivity contribution in [3.63, 3.8) is 0 Å². The standard InChI is InChI=1S/C23H27N2/c1-25(18-20-11-5-2-6-12-20,19-21-13-7-3-8-14-21)23(17-24)22-15-9-4-10-16-22/h2-16,23H,17-19,24H2,1H3/q+1. The van der Waals surface area contributed by atoms with Crippen LogP contribution in [0.25, 0.3) is 0 Å². The number of benzene rings is 3. The molecule has 0 fully saturated rings. The first-order chi connectivity index (χ1) is 12.2. The van der Waals surface area contributed by atoms with Crippen LogP contribution in [0.2, 0.25) is 0 Å². The van der Waals surface area contributed by atoms with Gasteiger partial charge in [0.1, 0.15) is 19.1 Å². The lowest BCUT2D eigenvalue weighted by Gasteiger charge is -2.42. The Labute approximate surface area is 151 Å². The Bertz CT molecular complexity index is 712. The maximum absolute atomic E-state index is 6.28. The minimum Gasteiger partial charge on any atom is -0.325 e. The van der Waals surface area contributed by atoms with Crippen LogP contribution in [-0.2, 0) is 13.1 Å². The van der Waals surface area contributed by atoms with Gasteiger partial charge in [-0.05, 0) is 0 Å². The molecule has 0 aliphatic rings. The monoisotopic (exact) mass is 331 g/mol. The van der Waals surface area contributed by atoms with Crippen molar-refractivity contribution >= 4 is 0 Å². The summed E-state index contributed by atoms with van der Waals surface area (Å²) in [5, 5.41) is 0. The molecule has 0 heterocycles. The Balaban J connectivity index is 1.97.